The highest BCUT2D eigenvalue weighted by Gasteiger charge is 2.43. The SMILES string of the molecule is c1ccc(-c2cc(-c3ccccc3)nc(-c3ccc(-n4c5ccccc5c5c6oc7ccccc7c6ccc54)c(-c4ccc(-c5cccc(N6c7ccccc7B7c8ccccc8N(c8ccccc8)c8cccc6c87)c5)cc4)c3)n2)cc1. The van der Waals surface area contributed by atoms with Crippen molar-refractivity contribution in [3.63, 3.8) is 0 Å². The molecule has 0 aliphatic carbocycles. The van der Waals surface area contributed by atoms with E-state index in [-0.39, 0.29) is 6.71 Å². The predicted molar refractivity (Wildman–Crippen MR) is 345 cm³/mol. The molecule has 17 rings (SSSR count). The lowest BCUT2D eigenvalue weighted by Gasteiger charge is -2.44. The lowest BCUT2D eigenvalue weighted by Crippen LogP contribution is -2.61. The molecular formula is C76H48BN5O. The van der Waals surface area contributed by atoms with Crippen molar-refractivity contribution in [2.45, 2.75) is 0 Å². The van der Waals surface area contributed by atoms with E-state index < -0.39 is 0 Å². The monoisotopic (exact) mass is 1060 g/mol. The van der Waals surface area contributed by atoms with Gasteiger partial charge in [0.15, 0.2) is 5.82 Å². The Bertz CT molecular complexity index is 5000. The van der Waals surface area contributed by atoms with Gasteiger partial charge in [0.25, 0.3) is 6.71 Å². The van der Waals surface area contributed by atoms with Gasteiger partial charge in [0.05, 0.1) is 33.5 Å². The number of hydrogen-bond acceptors (Lipinski definition) is 5. The van der Waals surface area contributed by atoms with E-state index in [0.29, 0.717) is 5.82 Å². The lowest BCUT2D eigenvalue weighted by atomic mass is 9.33. The molecule has 0 atom stereocenters. The molecule has 7 heteroatoms. The maximum absolute atomic E-state index is 6.76. The number of furan rings is 1. The molecule has 0 saturated carbocycles. The largest absolute Gasteiger partial charge is 0.455 e. The van der Waals surface area contributed by atoms with Gasteiger partial charge in [0.1, 0.15) is 11.2 Å². The van der Waals surface area contributed by atoms with Gasteiger partial charge in [0.2, 0.25) is 0 Å². The van der Waals surface area contributed by atoms with Crippen LogP contribution in [-0.4, -0.2) is 21.2 Å². The van der Waals surface area contributed by atoms with Crippen LogP contribution in [0.1, 0.15) is 0 Å². The van der Waals surface area contributed by atoms with Gasteiger partial charge >= 0.3 is 0 Å². The van der Waals surface area contributed by atoms with Crippen molar-refractivity contribution in [1.82, 2.24) is 14.5 Å². The molecule has 83 heavy (non-hydrogen) atoms. The van der Waals surface area contributed by atoms with E-state index in [0.717, 1.165) is 111 Å². The highest BCUT2D eigenvalue weighted by Crippen LogP contribution is 2.46. The first kappa shape index (κ1) is 46.9. The first-order valence-corrected chi connectivity index (χ1v) is 28.3. The van der Waals surface area contributed by atoms with Gasteiger partial charge in [-0.3, -0.25) is 0 Å². The summed E-state index contributed by atoms with van der Waals surface area (Å²) < 4.78 is 9.17. The molecule has 12 aromatic carbocycles. The molecule has 0 unspecified atom stereocenters. The quantitative estimate of drug-likeness (QED) is 0.142. The molecule has 0 spiro atoms. The van der Waals surface area contributed by atoms with Crippen molar-refractivity contribution in [2.24, 2.45) is 0 Å². The fraction of sp³-hybridized carbons (Fsp3) is 0. The average molecular weight is 1060 g/mol. The molecule has 0 amide bonds. The third-order valence-electron chi connectivity index (χ3n) is 17.0. The van der Waals surface area contributed by atoms with Gasteiger partial charge in [-0.15, -0.1) is 0 Å². The number of fused-ring (bicyclic) bond motifs is 11. The Labute approximate surface area is 480 Å². The highest BCUT2D eigenvalue weighted by atomic mass is 16.3. The van der Waals surface area contributed by atoms with E-state index in [4.69, 9.17) is 14.4 Å². The van der Waals surface area contributed by atoms with Crippen molar-refractivity contribution >= 4 is 101 Å². The zero-order chi connectivity index (χ0) is 54.5. The summed E-state index contributed by atoms with van der Waals surface area (Å²) in [6.45, 7) is 0.0722. The molecule has 6 nitrogen and oxygen atoms in total. The summed E-state index contributed by atoms with van der Waals surface area (Å²) >= 11 is 0. The first-order valence-electron chi connectivity index (χ1n) is 28.3. The van der Waals surface area contributed by atoms with E-state index in [2.05, 4.69) is 287 Å². The molecule has 386 valence electrons. The van der Waals surface area contributed by atoms with Gasteiger partial charge in [-0.1, -0.05) is 194 Å². The molecule has 0 bridgehead atoms. The number of rotatable bonds is 8. The van der Waals surface area contributed by atoms with Crippen molar-refractivity contribution in [3.8, 4) is 61.8 Å². The summed E-state index contributed by atoms with van der Waals surface area (Å²) in [6, 6.07) is 105. The summed E-state index contributed by atoms with van der Waals surface area (Å²) in [7, 11) is 0. The fourth-order valence-corrected chi connectivity index (χ4v) is 13.3. The van der Waals surface area contributed by atoms with Crippen LogP contribution in [0.2, 0.25) is 0 Å². The zero-order valence-corrected chi connectivity index (χ0v) is 44.9. The Morgan fingerprint density at radius 1 is 0.325 bits per heavy atom. The van der Waals surface area contributed by atoms with Crippen LogP contribution in [0.3, 0.4) is 0 Å². The van der Waals surface area contributed by atoms with Crippen LogP contribution < -0.4 is 26.2 Å². The number of benzene rings is 12. The van der Waals surface area contributed by atoms with Crippen LogP contribution >= 0.6 is 0 Å². The lowest BCUT2D eigenvalue weighted by molar-refractivity contribution is 0.673. The van der Waals surface area contributed by atoms with E-state index >= 15 is 0 Å². The molecule has 2 aliphatic heterocycles. The van der Waals surface area contributed by atoms with Crippen molar-refractivity contribution < 1.29 is 4.42 Å². The maximum Gasteiger partial charge on any atom is 0.252 e. The first-order chi connectivity index (χ1) is 41.2. The third-order valence-corrected chi connectivity index (χ3v) is 17.0. The smallest absolute Gasteiger partial charge is 0.252 e. The van der Waals surface area contributed by atoms with Crippen LogP contribution in [0.15, 0.2) is 296 Å². The molecule has 0 N–H and O–H groups in total. The Balaban J connectivity index is 0.823. The second kappa shape index (κ2) is 18.8. The zero-order valence-electron chi connectivity index (χ0n) is 44.9. The van der Waals surface area contributed by atoms with Crippen molar-refractivity contribution in [1.29, 1.82) is 0 Å². The fourth-order valence-electron chi connectivity index (χ4n) is 13.3. The number of nitrogens with zero attached hydrogens (tertiary/aromatic N) is 5. The highest BCUT2D eigenvalue weighted by molar-refractivity contribution is 7.00. The number of para-hydroxylation sites is 5. The van der Waals surface area contributed by atoms with E-state index in [1.807, 2.05) is 18.2 Å². The molecule has 5 heterocycles. The van der Waals surface area contributed by atoms with Gasteiger partial charge in [-0.25, -0.2) is 9.97 Å². The van der Waals surface area contributed by atoms with Crippen molar-refractivity contribution in [3.05, 3.63) is 291 Å². The Hall–Kier alpha value is -11.0. The summed E-state index contributed by atoms with van der Waals surface area (Å²) in [5.74, 6) is 0.653. The third kappa shape index (κ3) is 7.45. The van der Waals surface area contributed by atoms with E-state index in [1.54, 1.807) is 0 Å². The minimum Gasteiger partial charge on any atom is -0.455 e. The van der Waals surface area contributed by atoms with Gasteiger partial charge in [-0.05, 0) is 130 Å². The van der Waals surface area contributed by atoms with E-state index in [1.165, 1.54) is 39.1 Å². The minimum absolute atomic E-state index is 0.0722. The predicted octanol–water partition coefficient (Wildman–Crippen LogP) is 17.9. The van der Waals surface area contributed by atoms with Crippen LogP contribution in [0.4, 0.5) is 34.1 Å². The number of hydrogen-bond donors (Lipinski definition) is 0. The molecule has 3 aromatic heterocycles. The Kier molecular flexibility index (Phi) is 10.6. The van der Waals surface area contributed by atoms with Gasteiger partial charge < -0.3 is 18.8 Å². The van der Waals surface area contributed by atoms with Gasteiger partial charge in [0, 0.05) is 72.5 Å². The number of anilines is 6. The minimum atomic E-state index is 0.0722. The average Bonchev–Trinajstić information content (AvgIpc) is 2.46. The van der Waals surface area contributed by atoms with Crippen LogP contribution in [0.5, 0.6) is 0 Å². The second-order valence-corrected chi connectivity index (χ2v) is 21.6. The Morgan fingerprint density at radius 2 is 0.867 bits per heavy atom. The maximum atomic E-state index is 6.76. The normalized spacial score (nSPS) is 12.5. The molecular weight excluding hydrogens is 1010 g/mol. The summed E-state index contributed by atoms with van der Waals surface area (Å²) in [4.78, 5) is 15.5. The van der Waals surface area contributed by atoms with Gasteiger partial charge in [-0.2, -0.15) is 0 Å². The topological polar surface area (TPSA) is 50.3 Å². The second-order valence-electron chi connectivity index (χ2n) is 21.6. The molecule has 15 aromatic rings. The molecule has 0 fully saturated rings. The van der Waals surface area contributed by atoms with E-state index in [9.17, 15) is 0 Å². The van der Waals surface area contributed by atoms with Crippen LogP contribution in [0.25, 0.3) is 106 Å². The standard InChI is InChI=1S/C76H48BN5O/c1-4-20-51(21-5-1)63-48-64(52-22-6-2-7-23-52)79-76(78-63)54-42-44-66(82-65-32-14-10-29-59(65)73-69(82)45-43-58-57-28-11-17-37-72(57)83-75(58)73)60(47-54)50-40-38-49(39-41-50)53-24-18-27-56(46-53)81-68-34-16-13-31-62(68)77-61-30-12-15-33-67(61)80(55-25-8-3-9-26-55)70-35-19-36-71(81)74(70)77/h1-48H. The Morgan fingerprint density at radius 3 is 1.58 bits per heavy atom. The summed E-state index contributed by atoms with van der Waals surface area (Å²) in [5, 5.41) is 4.43. The number of aromatic nitrogens is 3. The molecule has 2 aliphatic rings. The summed E-state index contributed by atoms with van der Waals surface area (Å²) in [5.41, 5.74) is 24.9. The molecule has 0 radical (unpaired) electrons. The van der Waals surface area contributed by atoms with Crippen molar-refractivity contribution in [2.75, 3.05) is 9.80 Å². The van der Waals surface area contributed by atoms with Crippen LogP contribution in [-0.2, 0) is 0 Å². The molecule has 0 saturated heterocycles. The van der Waals surface area contributed by atoms with Crippen LogP contribution in [0, 0.1) is 0 Å². The summed E-state index contributed by atoms with van der Waals surface area (Å²) in [6.07, 6.45) is 0.